The zero-order valence-corrected chi connectivity index (χ0v) is 13.9. The molecule has 0 spiro atoms. The van der Waals surface area contributed by atoms with E-state index in [0.29, 0.717) is 10.2 Å². The van der Waals surface area contributed by atoms with Gasteiger partial charge in [-0.2, -0.15) is 0 Å². The van der Waals surface area contributed by atoms with Crippen molar-refractivity contribution in [2.24, 2.45) is 0 Å². The van der Waals surface area contributed by atoms with E-state index in [1.165, 1.54) is 11.3 Å². The molecular formula is C15H11F2N3O2S2. The number of halogens is 2. The SMILES string of the molecule is CC(Sc1nc2sccc2c(=O)[nH]1)C(=O)Nc1cc(F)ccc1F. The van der Waals surface area contributed by atoms with Gasteiger partial charge in [-0.25, -0.2) is 13.8 Å². The van der Waals surface area contributed by atoms with E-state index >= 15 is 0 Å². The van der Waals surface area contributed by atoms with Gasteiger partial charge in [0, 0.05) is 6.07 Å². The second kappa shape index (κ2) is 6.70. The molecular weight excluding hydrogens is 356 g/mol. The minimum absolute atomic E-state index is 0.234. The summed E-state index contributed by atoms with van der Waals surface area (Å²) in [6, 6.07) is 4.48. The number of hydrogen-bond acceptors (Lipinski definition) is 5. The molecule has 0 aliphatic carbocycles. The molecule has 0 aliphatic rings. The molecule has 0 radical (unpaired) electrons. The first-order valence-corrected chi connectivity index (χ1v) is 8.60. The molecule has 1 aromatic carbocycles. The lowest BCUT2D eigenvalue weighted by molar-refractivity contribution is -0.115. The number of carbonyl (C=O) groups excluding carboxylic acids is 1. The Morgan fingerprint density at radius 3 is 2.96 bits per heavy atom. The van der Waals surface area contributed by atoms with Crippen LogP contribution in [0.15, 0.2) is 39.6 Å². The first kappa shape index (κ1) is 16.6. The molecule has 2 heterocycles. The van der Waals surface area contributed by atoms with Crippen LogP contribution >= 0.6 is 23.1 Å². The summed E-state index contributed by atoms with van der Waals surface area (Å²) < 4.78 is 26.7. The number of amides is 1. The Morgan fingerprint density at radius 2 is 2.17 bits per heavy atom. The molecule has 0 aliphatic heterocycles. The summed E-state index contributed by atoms with van der Waals surface area (Å²) in [6.07, 6.45) is 0. The molecule has 124 valence electrons. The summed E-state index contributed by atoms with van der Waals surface area (Å²) in [5, 5.41) is 4.19. The Balaban J connectivity index is 1.75. The first-order valence-electron chi connectivity index (χ1n) is 6.84. The van der Waals surface area contributed by atoms with Gasteiger partial charge in [0.2, 0.25) is 5.91 Å². The molecule has 0 fully saturated rings. The number of rotatable bonds is 4. The number of thiophene rings is 1. The van der Waals surface area contributed by atoms with Gasteiger partial charge >= 0.3 is 0 Å². The van der Waals surface area contributed by atoms with Crippen molar-refractivity contribution < 1.29 is 13.6 Å². The zero-order chi connectivity index (χ0) is 17.3. The van der Waals surface area contributed by atoms with Gasteiger partial charge in [0.25, 0.3) is 5.56 Å². The maximum absolute atomic E-state index is 13.6. The highest BCUT2D eigenvalue weighted by atomic mass is 32.2. The Hall–Kier alpha value is -2.26. The highest BCUT2D eigenvalue weighted by Gasteiger charge is 2.18. The number of aromatic nitrogens is 2. The summed E-state index contributed by atoms with van der Waals surface area (Å²) in [7, 11) is 0. The summed E-state index contributed by atoms with van der Waals surface area (Å²) >= 11 is 2.35. The number of fused-ring (bicyclic) bond motifs is 1. The van der Waals surface area contributed by atoms with Gasteiger partial charge in [0.05, 0.1) is 16.3 Å². The largest absolute Gasteiger partial charge is 0.323 e. The van der Waals surface area contributed by atoms with Gasteiger partial charge in [-0.3, -0.25) is 9.59 Å². The monoisotopic (exact) mass is 367 g/mol. The molecule has 3 aromatic rings. The lowest BCUT2D eigenvalue weighted by Crippen LogP contribution is -2.23. The number of aromatic amines is 1. The standard InChI is InChI=1S/C15H11F2N3O2S2/c1-7(12(21)18-11-6-8(16)2-3-10(11)17)24-15-19-13(22)9-4-5-23-14(9)20-15/h2-7H,1H3,(H,18,21)(H,19,20,22). The minimum atomic E-state index is -0.728. The maximum Gasteiger partial charge on any atom is 0.260 e. The highest BCUT2D eigenvalue weighted by Crippen LogP contribution is 2.24. The lowest BCUT2D eigenvalue weighted by Gasteiger charge is -2.12. The molecule has 2 N–H and O–H groups in total. The van der Waals surface area contributed by atoms with Crippen LogP contribution in [-0.4, -0.2) is 21.1 Å². The Bertz CT molecular complexity index is 971. The van der Waals surface area contributed by atoms with Crippen molar-refractivity contribution >= 4 is 44.9 Å². The van der Waals surface area contributed by atoms with E-state index < -0.39 is 22.8 Å². The summed E-state index contributed by atoms with van der Waals surface area (Å²) in [5.41, 5.74) is -0.518. The third-order valence-corrected chi connectivity index (χ3v) is 4.95. The Morgan fingerprint density at radius 1 is 1.38 bits per heavy atom. The molecule has 3 rings (SSSR count). The van der Waals surface area contributed by atoms with Gasteiger partial charge < -0.3 is 10.3 Å². The fraction of sp³-hybridized carbons (Fsp3) is 0.133. The number of thioether (sulfide) groups is 1. The van der Waals surface area contributed by atoms with E-state index in [1.54, 1.807) is 18.4 Å². The molecule has 24 heavy (non-hydrogen) atoms. The molecule has 0 saturated heterocycles. The van der Waals surface area contributed by atoms with Gasteiger partial charge in [0.15, 0.2) is 5.16 Å². The molecule has 1 unspecified atom stereocenters. The van der Waals surface area contributed by atoms with Crippen molar-refractivity contribution in [1.29, 1.82) is 0 Å². The van der Waals surface area contributed by atoms with Crippen LogP contribution in [0.5, 0.6) is 0 Å². The van der Waals surface area contributed by atoms with Crippen LogP contribution in [0.1, 0.15) is 6.92 Å². The van der Waals surface area contributed by atoms with Gasteiger partial charge in [-0.1, -0.05) is 11.8 Å². The average molecular weight is 367 g/mol. The van der Waals surface area contributed by atoms with Crippen molar-refractivity contribution in [1.82, 2.24) is 9.97 Å². The molecule has 1 atom stereocenters. The first-order chi connectivity index (χ1) is 11.4. The predicted molar refractivity (Wildman–Crippen MR) is 90.5 cm³/mol. The fourth-order valence-electron chi connectivity index (χ4n) is 1.95. The van der Waals surface area contributed by atoms with Crippen molar-refractivity contribution in [2.45, 2.75) is 17.3 Å². The van der Waals surface area contributed by atoms with Crippen molar-refractivity contribution in [3.05, 3.63) is 51.6 Å². The average Bonchev–Trinajstić information content (AvgIpc) is 2.99. The van der Waals surface area contributed by atoms with Gasteiger partial charge in [-0.05, 0) is 30.5 Å². The maximum atomic E-state index is 13.6. The number of benzene rings is 1. The van der Waals surface area contributed by atoms with Crippen molar-refractivity contribution in [2.75, 3.05) is 5.32 Å². The van der Waals surface area contributed by atoms with E-state index in [0.717, 1.165) is 30.0 Å². The van der Waals surface area contributed by atoms with Crippen LogP contribution in [0.3, 0.4) is 0 Å². The quantitative estimate of drug-likeness (QED) is 0.548. The minimum Gasteiger partial charge on any atom is -0.323 e. The number of nitrogens with zero attached hydrogens (tertiary/aromatic N) is 1. The normalized spacial score (nSPS) is 12.3. The van der Waals surface area contributed by atoms with E-state index in [1.807, 2.05) is 0 Å². The van der Waals surface area contributed by atoms with Crippen LogP contribution < -0.4 is 10.9 Å². The van der Waals surface area contributed by atoms with Gasteiger partial charge in [0.1, 0.15) is 16.5 Å². The van der Waals surface area contributed by atoms with Crippen LogP contribution in [0.2, 0.25) is 0 Å². The Labute approximate surface area is 143 Å². The van der Waals surface area contributed by atoms with Crippen LogP contribution in [-0.2, 0) is 4.79 Å². The van der Waals surface area contributed by atoms with Crippen molar-refractivity contribution in [3.63, 3.8) is 0 Å². The van der Waals surface area contributed by atoms with Crippen LogP contribution in [0.25, 0.3) is 10.2 Å². The lowest BCUT2D eigenvalue weighted by atomic mass is 10.3. The molecule has 0 bridgehead atoms. The molecule has 1 amide bonds. The Kier molecular flexibility index (Phi) is 4.63. The zero-order valence-electron chi connectivity index (χ0n) is 12.3. The number of nitrogens with one attached hydrogen (secondary N) is 2. The number of H-pyrrole nitrogens is 1. The van der Waals surface area contributed by atoms with E-state index in [2.05, 4.69) is 15.3 Å². The topological polar surface area (TPSA) is 74.8 Å². The summed E-state index contributed by atoms with van der Waals surface area (Å²) in [6.45, 7) is 1.58. The third kappa shape index (κ3) is 3.46. The number of anilines is 1. The van der Waals surface area contributed by atoms with E-state index in [4.69, 9.17) is 0 Å². The summed E-state index contributed by atoms with van der Waals surface area (Å²) in [4.78, 5) is 31.5. The smallest absolute Gasteiger partial charge is 0.260 e. The van der Waals surface area contributed by atoms with E-state index in [-0.39, 0.29) is 16.4 Å². The highest BCUT2D eigenvalue weighted by molar-refractivity contribution is 8.00. The summed E-state index contributed by atoms with van der Waals surface area (Å²) in [5.74, 6) is -1.91. The predicted octanol–water partition coefficient (Wildman–Crippen LogP) is 3.38. The molecule has 2 aromatic heterocycles. The third-order valence-electron chi connectivity index (χ3n) is 3.16. The molecule has 9 heteroatoms. The number of carbonyl (C=O) groups is 1. The van der Waals surface area contributed by atoms with Crippen molar-refractivity contribution in [3.8, 4) is 0 Å². The second-order valence-corrected chi connectivity index (χ2v) is 7.11. The van der Waals surface area contributed by atoms with Crippen LogP contribution in [0, 0.1) is 11.6 Å². The van der Waals surface area contributed by atoms with E-state index in [9.17, 15) is 18.4 Å². The van der Waals surface area contributed by atoms with Crippen LogP contribution in [0.4, 0.5) is 14.5 Å². The van der Waals surface area contributed by atoms with Gasteiger partial charge in [-0.15, -0.1) is 11.3 Å². The molecule has 5 nitrogen and oxygen atoms in total. The number of hydrogen-bond donors (Lipinski definition) is 2. The fourth-order valence-corrected chi connectivity index (χ4v) is 3.57. The molecule has 0 saturated carbocycles. The second-order valence-electron chi connectivity index (χ2n) is 4.88.